The maximum Gasteiger partial charge on any atom is 0.417 e. The van der Waals surface area contributed by atoms with E-state index in [1.54, 1.807) is 29.1 Å². The summed E-state index contributed by atoms with van der Waals surface area (Å²) in [5.74, 6) is 0.0204. The number of halogens is 3. The summed E-state index contributed by atoms with van der Waals surface area (Å²) in [7, 11) is 3.53. The molecule has 5 rings (SSSR count). The van der Waals surface area contributed by atoms with Crippen LogP contribution in [-0.4, -0.2) is 78.4 Å². The SMILES string of the molecule is CC(=O)N1CCC(NC2CCOCC2)=C(C(=N)N2CC(C)N(C)c3cc(-c4cnn(C)c4)c(C(F)(F)F)cc32)C1. The van der Waals surface area contributed by atoms with E-state index in [1.165, 1.54) is 17.8 Å². The van der Waals surface area contributed by atoms with Gasteiger partial charge in [-0.2, -0.15) is 18.3 Å². The van der Waals surface area contributed by atoms with Crippen molar-refractivity contribution in [1.29, 1.82) is 5.41 Å². The molecule has 216 valence electrons. The molecule has 3 aliphatic heterocycles. The number of alkyl halides is 3. The van der Waals surface area contributed by atoms with E-state index in [-0.39, 0.29) is 35.9 Å². The Labute approximate surface area is 232 Å². The van der Waals surface area contributed by atoms with Gasteiger partial charge >= 0.3 is 6.18 Å². The van der Waals surface area contributed by atoms with Gasteiger partial charge in [-0.3, -0.25) is 14.9 Å². The molecule has 1 amide bonds. The zero-order valence-electron chi connectivity index (χ0n) is 23.3. The maximum absolute atomic E-state index is 14.4. The zero-order valence-corrected chi connectivity index (χ0v) is 23.3. The fourth-order valence-corrected chi connectivity index (χ4v) is 5.70. The Morgan fingerprint density at radius 2 is 1.90 bits per heavy atom. The molecule has 0 saturated carbocycles. The number of benzene rings is 1. The van der Waals surface area contributed by atoms with Crippen LogP contribution in [-0.2, 0) is 22.8 Å². The highest BCUT2D eigenvalue weighted by Crippen LogP contribution is 2.46. The zero-order chi connectivity index (χ0) is 28.8. The molecule has 0 radical (unpaired) electrons. The fraction of sp³-hybridized carbons (Fsp3) is 0.536. The number of ether oxygens (including phenoxy) is 1. The number of carbonyl (C=O) groups is 1. The number of carbonyl (C=O) groups excluding carboxylic acids is 1. The Morgan fingerprint density at radius 3 is 2.52 bits per heavy atom. The molecule has 0 bridgehead atoms. The minimum Gasteiger partial charge on any atom is -0.385 e. The number of aryl methyl sites for hydroxylation is 1. The van der Waals surface area contributed by atoms with Crippen LogP contribution >= 0.6 is 0 Å². The number of likely N-dealkylation sites (N-methyl/N-ethyl adjacent to an activating group) is 1. The summed E-state index contributed by atoms with van der Waals surface area (Å²) in [6.45, 7) is 5.89. The number of amidine groups is 1. The largest absolute Gasteiger partial charge is 0.417 e. The molecule has 1 atom stereocenters. The van der Waals surface area contributed by atoms with Gasteiger partial charge in [-0.05, 0) is 37.5 Å². The van der Waals surface area contributed by atoms with Crippen LogP contribution in [0.2, 0.25) is 0 Å². The lowest BCUT2D eigenvalue weighted by Gasteiger charge is -2.43. The molecule has 4 heterocycles. The van der Waals surface area contributed by atoms with E-state index in [0.717, 1.165) is 24.6 Å². The molecule has 2 aromatic rings. The second kappa shape index (κ2) is 10.8. The number of aromatic nitrogens is 2. The van der Waals surface area contributed by atoms with E-state index in [2.05, 4.69) is 10.4 Å². The molecule has 1 saturated heterocycles. The number of fused-ring (bicyclic) bond motifs is 1. The molecular formula is C28H36F3N7O2. The number of anilines is 2. The quantitative estimate of drug-likeness (QED) is 0.435. The van der Waals surface area contributed by atoms with Crippen molar-refractivity contribution in [3.05, 3.63) is 41.4 Å². The average molecular weight is 560 g/mol. The number of nitrogens with zero attached hydrogens (tertiary/aromatic N) is 5. The molecule has 1 fully saturated rings. The Kier molecular flexibility index (Phi) is 7.56. The van der Waals surface area contributed by atoms with Gasteiger partial charge in [0, 0.05) is 88.9 Å². The standard InChI is InChI=1S/C28H36F3N7O2/c1-17-14-38(27(32)22-16-37(18(2)39)8-5-24(22)34-20-6-9-40-10-7-20)26-12-23(28(29,30)31)21(11-25(26)36(17)4)19-13-33-35(3)15-19/h11-13,15,17,20,32,34H,5-10,14,16H2,1-4H3. The number of hydrogen-bond donors (Lipinski definition) is 2. The minimum atomic E-state index is -4.61. The molecule has 12 heteroatoms. The van der Waals surface area contributed by atoms with Crippen LogP contribution in [0.3, 0.4) is 0 Å². The van der Waals surface area contributed by atoms with Crippen molar-refractivity contribution in [2.75, 3.05) is 49.7 Å². The predicted octanol–water partition coefficient (Wildman–Crippen LogP) is 4.00. The van der Waals surface area contributed by atoms with Gasteiger partial charge < -0.3 is 24.8 Å². The fourth-order valence-electron chi connectivity index (χ4n) is 5.70. The Hall–Kier alpha value is -3.54. The summed E-state index contributed by atoms with van der Waals surface area (Å²) in [6, 6.07) is 2.83. The van der Waals surface area contributed by atoms with Gasteiger partial charge in [0.2, 0.25) is 5.91 Å². The van der Waals surface area contributed by atoms with Gasteiger partial charge in [0.1, 0.15) is 5.84 Å². The Bertz CT molecular complexity index is 1330. The molecular weight excluding hydrogens is 523 g/mol. The summed E-state index contributed by atoms with van der Waals surface area (Å²) in [5.41, 5.74) is 2.10. The van der Waals surface area contributed by atoms with E-state index in [4.69, 9.17) is 4.74 Å². The van der Waals surface area contributed by atoms with Crippen LogP contribution in [0.4, 0.5) is 24.5 Å². The smallest absolute Gasteiger partial charge is 0.385 e. The summed E-state index contributed by atoms with van der Waals surface area (Å²) >= 11 is 0. The first-order valence-electron chi connectivity index (χ1n) is 13.6. The number of nitrogens with one attached hydrogen (secondary N) is 2. The van der Waals surface area contributed by atoms with Gasteiger partial charge in [0.05, 0.1) is 29.7 Å². The third kappa shape index (κ3) is 5.41. The highest BCUT2D eigenvalue weighted by molar-refractivity contribution is 6.11. The lowest BCUT2D eigenvalue weighted by molar-refractivity contribution is -0.137. The van der Waals surface area contributed by atoms with Crippen molar-refractivity contribution in [2.45, 2.75) is 51.4 Å². The lowest BCUT2D eigenvalue weighted by Crippen LogP contribution is -2.51. The van der Waals surface area contributed by atoms with Gasteiger partial charge in [-0.15, -0.1) is 0 Å². The van der Waals surface area contributed by atoms with Gasteiger partial charge in [-0.25, -0.2) is 0 Å². The summed E-state index contributed by atoms with van der Waals surface area (Å²) < 4.78 is 50.3. The van der Waals surface area contributed by atoms with Gasteiger partial charge in [0.15, 0.2) is 0 Å². The Balaban J connectivity index is 1.60. The van der Waals surface area contributed by atoms with Crippen molar-refractivity contribution in [3.8, 4) is 11.1 Å². The van der Waals surface area contributed by atoms with E-state index >= 15 is 0 Å². The summed E-state index contributed by atoms with van der Waals surface area (Å²) in [4.78, 5) is 17.6. The summed E-state index contributed by atoms with van der Waals surface area (Å²) in [6.07, 6.45) is 0.614. The Morgan fingerprint density at radius 1 is 1.18 bits per heavy atom. The number of amides is 1. The molecule has 40 heavy (non-hydrogen) atoms. The molecule has 0 spiro atoms. The second-order valence-corrected chi connectivity index (χ2v) is 10.9. The monoisotopic (exact) mass is 559 g/mol. The molecule has 0 aliphatic carbocycles. The van der Waals surface area contributed by atoms with Crippen LogP contribution in [0.1, 0.15) is 38.7 Å². The van der Waals surface area contributed by atoms with E-state index in [1.807, 2.05) is 18.9 Å². The first-order valence-corrected chi connectivity index (χ1v) is 13.6. The molecule has 9 nitrogen and oxygen atoms in total. The molecule has 1 aromatic heterocycles. The van der Waals surface area contributed by atoms with Crippen molar-refractivity contribution in [2.24, 2.45) is 7.05 Å². The van der Waals surface area contributed by atoms with Crippen LogP contribution in [0.5, 0.6) is 0 Å². The molecule has 3 aliphatic rings. The second-order valence-electron chi connectivity index (χ2n) is 10.9. The first-order chi connectivity index (χ1) is 18.9. The van der Waals surface area contributed by atoms with E-state index < -0.39 is 11.7 Å². The number of rotatable bonds is 4. The molecule has 1 unspecified atom stereocenters. The van der Waals surface area contributed by atoms with E-state index in [0.29, 0.717) is 55.2 Å². The lowest BCUT2D eigenvalue weighted by atomic mass is 9.95. The van der Waals surface area contributed by atoms with Crippen molar-refractivity contribution in [1.82, 2.24) is 20.0 Å². The number of hydrogen-bond acceptors (Lipinski definition) is 6. The van der Waals surface area contributed by atoms with Gasteiger partial charge in [-0.1, -0.05) is 0 Å². The van der Waals surface area contributed by atoms with Crippen molar-refractivity contribution >= 4 is 23.1 Å². The summed E-state index contributed by atoms with van der Waals surface area (Å²) in [5, 5.41) is 17.0. The first kappa shape index (κ1) is 28.0. The van der Waals surface area contributed by atoms with Crippen LogP contribution in [0.25, 0.3) is 11.1 Å². The van der Waals surface area contributed by atoms with Crippen molar-refractivity contribution < 1.29 is 22.7 Å². The highest BCUT2D eigenvalue weighted by Gasteiger charge is 2.39. The normalized spacial score (nSPS) is 20.6. The topological polar surface area (TPSA) is 89.7 Å². The maximum atomic E-state index is 14.4. The van der Waals surface area contributed by atoms with Crippen LogP contribution in [0.15, 0.2) is 35.8 Å². The van der Waals surface area contributed by atoms with Gasteiger partial charge in [0.25, 0.3) is 0 Å². The highest BCUT2D eigenvalue weighted by atomic mass is 19.4. The van der Waals surface area contributed by atoms with E-state index in [9.17, 15) is 23.4 Å². The third-order valence-corrected chi connectivity index (χ3v) is 8.16. The van der Waals surface area contributed by atoms with Crippen LogP contribution < -0.4 is 15.1 Å². The van der Waals surface area contributed by atoms with Crippen molar-refractivity contribution in [3.63, 3.8) is 0 Å². The minimum absolute atomic E-state index is 0.0493. The average Bonchev–Trinajstić information content (AvgIpc) is 3.36. The van der Waals surface area contributed by atoms with Crippen LogP contribution in [0, 0.1) is 5.41 Å². The molecule has 1 aromatic carbocycles. The predicted molar refractivity (Wildman–Crippen MR) is 147 cm³/mol. The third-order valence-electron chi connectivity index (χ3n) is 8.16. The molecule has 2 N–H and O–H groups in total.